The second-order valence-corrected chi connectivity index (χ2v) is 6.19. The summed E-state index contributed by atoms with van der Waals surface area (Å²) in [5.41, 5.74) is 1.24. The molecule has 5 nitrogen and oxygen atoms in total. The molecular formula is C20H22N2O3. The number of rotatable bonds is 7. The highest BCUT2D eigenvalue weighted by molar-refractivity contribution is 5.99. The van der Waals surface area contributed by atoms with E-state index in [0.717, 1.165) is 18.6 Å². The average Bonchev–Trinajstić information content (AvgIpc) is 3.28. The predicted molar refractivity (Wildman–Crippen MR) is 97.2 cm³/mol. The van der Waals surface area contributed by atoms with Crippen molar-refractivity contribution < 1.29 is 14.0 Å². The lowest BCUT2D eigenvalue weighted by molar-refractivity contribution is -0.117. The molecular weight excluding hydrogens is 316 g/mol. The maximum absolute atomic E-state index is 12.2. The minimum atomic E-state index is -0.114. The van der Waals surface area contributed by atoms with E-state index in [4.69, 9.17) is 4.42 Å². The van der Waals surface area contributed by atoms with Gasteiger partial charge in [-0.2, -0.15) is 0 Å². The minimum Gasteiger partial charge on any atom is -0.469 e. The Morgan fingerprint density at radius 2 is 1.80 bits per heavy atom. The van der Waals surface area contributed by atoms with E-state index in [1.807, 2.05) is 18.2 Å². The third-order valence-electron chi connectivity index (χ3n) is 4.21. The Hall–Kier alpha value is -2.82. The van der Waals surface area contributed by atoms with Crippen LogP contribution in [0.5, 0.6) is 0 Å². The van der Waals surface area contributed by atoms with Crippen molar-refractivity contribution in [2.24, 2.45) is 5.92 Å². The van der Waals surface area contributed by atoms with Crippen molar-refractivity contribution in [1.29, 1.82) is 0 Å². The topological polar surface area (TPSA) is 71.3 Å². The van der Waals surface area contributed by atoms with Crippen molar-refractivity contribution in [2.75, 3.05) is 10.6 Å². The van der Waals surface area contributed by atoms with E-state index in [1.54, 1.807) is 24.5 Å². The Kier molecular flexibility index (Phi) is 5.67. The third-order valence-corrected chi connectivity index (χ3v) is 4.21. The number of allylic oxidation sites excluding steroid dienone is 2. The summed E-state index contributed by atoms with van der Waals surface area (Å²) in [6.07, 6.45) is 9.21. The fourth-order valence-electron chi connectivity index (χ4n) is 2.91. The Labute approximate surface area is 147 Å². The molecule has 0 fully saturated rings. The normalized spacial score (nSPS) is 15.9. The summed E-state index contributed by atoms with van der Waals surface area (Å²) in [5, 5.41) is 5.77. The summed E-state index contributed by atoms with van der Waals surface area (Å²) in [6.45, 7) is 0. The molecule has 0 saturated carbocycles. The molecule has 0 unspecified atom stereocenters. The Morgan fingerprint density at radius 1 is 1.04 bits per heavy atom. The number of amides is 2. The van der Waals surface area contributed by atoms with Crippen molar-refractivity contribution >= 4 is 23.2 Å². The summed E-state index contributed by atoms with van der Waals surface area (Å²) >= 11 is 0. The van der Waals surface area contributed by atoms with Gasteiger partial charge in [0.2, 0.25) is 11.8 Å². The van der Waals surface area contributed by atoms with Gasteiger partial charge in [-0.1, -0.05) is 24.3 Å². The highest BCUT2D eigenvalue weighted by Gasteiger charge is 2.15. The number of carbonyl (C=O) groups is 2. The van der Waals surface area contributed by atoms with Crippen LogP contribution in [0.2, 0.25) is 0 Å². The number of hydrogen-bond acceptors (Lipinski definition) is 3. The van der Waals surface area contributed by atoms with E-state index in [9.17, 15) is 9.59 Å². The SMILES string of the molecule is O=C(CCc1ccco1)Nc1ccccc1NC(=O)C[C@@H]1C=CCC1. The van der Waals surface area contributed by atoms with E-state index in [1.165, 1.54) is 0 Å². The molecule has 3 rings (SSSR count). The first kappa shape index (κ1) is 17.0. The van der Waals surface area contributed by atoms with E-state index in [0.29, 0.717) is 36.6 Å². The van der Waals surface area contributed by atoms with E-state index >= 15 is 0 Å². The van der Waals surface area contributed by atoms with Crippen molar-refractivity contribution in [2.45, 2.75) is 32.1 Å². The summed E-state index contributed by atoms with van der Waals surface area (Å²) in [6, 6.07) is 10.9. The second kappa shape index (κ2) is 8.33. The molecule has 130 valence electrons. The number of hydrogen-bond donors (Lipinski definition) is 2. The van der Waals surface area contributed by atoms with Crippen LogP contribution >= 0.6 is 0 Å². The van der Waals surface area contributed by atoms with Crippen molar-refractivity contribution in [3.05, 3.63) is 60.6 Å². The van der Waals surface area contributed by atoms with Crippen molar-refractivity contribution in [3.63, 3.8) is 0 Å². The number of benzene rings is 1. The lowest BCUT2D eigenvalue weighted by Crippen LogP contribution is -2.18. The van der Waals surface area contributed by atoms with Crippen LogP contribution < -0.4 is 10.6 Å². The molecule has 0 saturated heterocycles. The van der Waals surface area contributed by atoms with Crippen LogP contribution in [0.4, 0.5) is 11.4 Å². The average molecular weight is 338 g/mol. The van der Waals surface area contributed by atoms with Gasteiger partial charge in [0.25, 0.3) is 0 Å². The van der Waals surface area contributed by atoms with E-state index in [-0.39, 0.29) is 11.8 Å². The van der Waals surface area contributed by atoms with Crippen LogP contribution in [0.3, 0.4) is 0 Å². The molecule has 1 heterocycles. The molecule has 0 radical (unpaired) electrons. The molecule has 1 aromatic heterocycles. The fraction of sp³-hybridized carbons (Fsp3) is 0.300. The highest BCUT2D eigenvalue weighted by atomic mass is 16.3. The van der Waals surface area contributed by atoms with Gasteiger partial charge in [0.05, 0.1) is 17.6 Å². The van der Waals surface area contributed by atoms with Crippen molar-refractivity contribution in [1.82, 2.24) is 0 Å². The number of anilines is 2. The lowest BCUT2D eigenvalue weighted by atomic mass is 10.0. The number of furan rings is 1. The van der Waals surface area contributed by atoms with Gasteiger partial charge in [-0.25, -0.2) is 0 Å². The molecule has 0 spiro atoms. The Balaban J connectivity index is 1.55. The number of aryl methyl sites for hydroxylation is 1. The van der Waals surface area contributed by atoms with Gasteiger partial charge in [-0.3, -0.25) is 9.59 Å². The first-order chi connectivity index (χ1) is 12.2. The lowest BCUT2D eigenvalue weighted by Gasteiger charge is -2.13. The summed E-state index contributed by atoms with van der Waals surface area (Å²) < 4.78 is 5.23. The summed E-state index contributed by atoms with van der Waals surface area (Å²) in [5.74, 6) is 0.946. The zero-order chi connectivity index (χ0) is 17.5. The monoisotopic (exact) mass is 338 g/mol. The molecule has 2 aromatic rings. The van der Waals surface area contributed by atoms with Crippen LogP contribution in [0.25, 0.3) is 0 Å². The Bertz CT molecular complexity index is 750. The maximum Gasteiger partial charge on any atom is 0.225 e. The van der Waals surface area contributed by atoms with Gasteiger partial charge >= 0.3 is 0 Å². The molecule has 1 aliphatic rings. The van der Waals surface area contributed by atoms with Crippen LogP contribution in [0.15, 0.2) is 59.2 Å². The molecule has 2 amide bonds. The highest BCUT2D eigenvalue weighted by Crippen LogP contribution is 2.24. The second-order valence-electron chi connectivity index (χ2n) is 6.19. The predicted octanol–water partition coefficient (Wildman–Crippen LogP) is 4.15. The molecule has 1 aliphatic carbocycles. The number of nitrogens with one attached hydrogen (secondary N) is 2. The molecule has 5 heteroatoms. The van der Waals surface area contributed by atoms with Crippen LogP contribution in [0.1, 0.15) is 31.4 Å². The first-order valence-corrected chi connectivity index (χ1v) is 8.58. The molecule has 0 aliphatic heterocycles. The van der Waals surface area contributed by atoms with Crippen LogP contribution in [-0.4, -0.2) is 11.8 Å². The van der Waals surface area contributed by atoms with E-state index < -0.39 is 0 Å². The first-order valence-electron chi connectivity index (χ1n) is 8.58. The summed E-state index contributed by atoms with van der Waals surface area (Å²) in [7, 11) is 0. The summed E-state index contributed by atoms with van der Waals surface area (Å²) in [4.78, 5) is 24.4. The van der Waals surface area contributed by atoms with Gasteiger partial charge in [-0.15, -0.1) is 0 Å². The fourth-order valence-corrected chi connectivity index (χ4v) is 2.91. The van der Waals surface area contributed by atoms with Gasteiger partial charge in [0.15, 0.2) is 0 Å². The van der Waals surface area contributed by atoms with Crippen LogP contribution in [0, 0.1) is 5.92 Å². The quantitative estimate of drug-likeness (QED) is 0.745. The van der Waals surface area contributed by atoms with Gasteiger partial charge in [0.1, 0.15) is 5.76 Å². The molecule has 1 atom stereocenters. The minimum absolute atomic E-state index is 0.0335. The number of para-hydroxylation sites is 2. The third kappa shape index (κ3) is 5.08. The van der Waals surface area contributed by atoms with Crippen molar-refractivity contribution in [3.8, 4) is 0 Å². The zero-order valence-corrected chi connectivity index (χ0v) is 14.0. The van der Waals surface area contributed by atoms with Crippen LogP contribution in [-0.2, 0) is 16.0 Å². The molecule has 0 bridgehead atoms. The maximum atomic E-state index is 12.2. The molecule has 2 N–H and O–H groups in total. The van der Waals surface area contributed by atoms with E-state index in [2.05, 4.69) is 22.8 Å². The number of carbonyl (C=O) groups excluding carboxylic acids is 2. The van der Waals surface area contributed by atoms with Gasteiger partial charge in [0, 0.05) is 19.3 Å². The zero-order valence-electron chi connectivity index (χ0n) is 14.0. The standard InChI is InChI=1S/C20H22N2O3/c23-19(12-11-16-8-5-13-25-16)21-17-9-3-4-10-18(17)22-20(24)14-15-6-1-2-7-15/h1,3-6,8-10,13,15H,2,7,11-12,14H2,(H,21,23)(H,22,24)/t15-/m1/s1. The largest absolute Gasteiger partial charge is 0.469 e. The van der Waals surface area contributed by atoms with Gasteiger partial charge in [-0.05, 0) is 43.0 Å². The molecule has 25 heavy (non-hydrogen) atoms. The van der Waals surface area contributed by atoms with Gasteiger partial charge < -0.3 is 15.1 Å². The molecule has 1 aromatic carbocycles. The Morgan fingerprint density at radius 3 is 2.44 bits per heavy atom. The smallest absolute Gasteiger partial charge is 0.225 e.